The van der Waals surface area contributed by atoms with Crippen molar-refractivity contribution in [3.05, 3.63) is 70.8 Å². The van der Waals surface area contributed by atoms with E-state index in [1.807, 2.05) is 19.1 Å². The minimum absolute atomic E-state index is 0.0191. The van der Waals surface area contributed by atoms with E-state index in [1.54, 1.807) is 0 Å². The zero-order valence-electron chi connectivity index (χ0n) is 17.4. The molecule has 150 valence electrons. The van der Waals surface area contributed by atoms with Gasteiger partial charge in [0.05, 0.1) is 18.2 Å². The van der Waals surface area contributed by atoms with Gasteiger partial charge in [-0.05, 0) is 56.0 Å². The van der Waals surface area contributed by atoms with Crippen molar-refractivity contribution < 1.29 is 9.53 Å². The Balaban J connectivity index is 1.57. The van der Waals surface area contributed by atoms with E-state index in [0.717, 1.165) is 31.6 Å². The van der Waals surface area contributed by atoms with Crippen LogP contribution in [0.2, 0.25) is 0 Å². The maximum atomic E-state index is 12.6. The van der Waals surface area contributed by atoms with Crippen LogP contribution in [0.4, 0.5) is 0 Å². The maximum absolute atomic E-state index is 12.6. The molecule has 2 aromatic carbocycles. The highest BCUT2D eigenvalue weighted by Crippen LogP contribution is 2.17. The summed E-state index contributed by atoms with van der Waals surface area (Å²) >= 11 is 0. The Morgan fingerprint density at radius 2 is 1.61 bits per heavy atom. The van der Waals surface area contributed by atoms with Crippen LogP contribution in [0, 0.1) is 0 Å². The van der Waals surface area contributed by atoms with Crippen LogP contribution in [-0.2, 0) is 17.7 Å². The summed E-state index contributed by atoms with van der Waals surface area (Å²) in [5, 5.41) is 3.10. The second-order valence-corrected chi connectivity index (χ2v) is 7.94. The Hall–Kier alpha value is -2.17. The van der Waals surface area contributed by atoms with Gasteiger partial charge in [0.2, 0.25) is 0 Å². The standard InChI is InChI=1S/C24H32N2O2/c1-5-20-6-10-22(11-7-20)19(4)25-24(27)23-12-8-21(9-13-23)16-26-14-17(2)28-18(3)15-26/h6-13,17-19H,5,14-16H2,1-4H3,(H,25,27). The lowest BCUT2D eigenvalue weighted by Crippen LogP contribution is -2.44. The van der Waals surface area contributed by atoms with E-state index in [9.17, 15) is 4.79 Å². The molecule has 4 heteroatoms. The summed E-state index contributed by atoms with van der Waals surface area (Å²) in [4.78, 5) is 15.0. The molecule has 3 atom stereocenters. The van der Waals surface area contributed by atoms with Gasteiger partial charge in [-0.25, -0.2) is 0 Å². The quantitative estimate of drug-likeness (QED) is 0.810. The molecule has 0 saturated carbocycles. The molecule has 1 fully saturated rings. The van der Waals surface area contributed by atoms with Crippen LogP contribution in [0.1, 0.15) is 60.8 Å². The molecule has 1 N–H and O–H groups in total. The van der Waals surface area contributed by atoms with Crippen LogP contribution < -0.4 is 5.32 Å². The number of carbonyl (C=O) groups excluding carboxylic acids is 1. The fourth-order valence-corrected chi connectivity index (χ4v) is 3.84. The average molecular weight is 381 g/mol. The lowest BCUT2D eigenvalue weighted by atomic mass is 10.0. The number of rotatable bonds is 6. The zero-order valence-corrected chi connectivity index (χ0v) is 17.4. The number of nitrogens with one attached hydrogen (secondary N) is 1. The minimum Gasteiger partial charge on any atom is -0.373 e. The van der Waals surface area contributed by atoms with Crippen molar-refractivity contribution in [3.63, 3.8) is 0 Å². The van der Waals surface area contributed by atoms with Crippen LogP contribution in [-0.4, -0.2) is 36.1 Å². The highest BCUT2D eigenvalue weighted by atomic mass is 16.5. The first-order valence-corrected chi connectivity index (χ1v) is 10.3. The maximum Gasteiger partial charge on any atom is 0.251 e. The van der Waals surface area contributed by atoms with Gasteiger partial charge in [-0.3, -0.25) is 9.69 Å². The second-order valence-electron chi connectivity index (χ2n) is 7.94. The molecule has 1 amide bonds. The van der Waals surface area contributed by atoms with E-state index in [4.69, 9.17) is 4.74 Å². The number of carbonyl (C=O) groups is 1. The van der Waals surface area contributed by atoms with E-state index in [2.05, 4.69) is 67.4 Å². The number of nitrogens with zero attached hydrogens (tertiary/aromatic N) is 1. The fourth-order valence-electron chi connectivity index (χ4n) is 3.84. The topological polar surface area (TPSA) is 41.6 Å². The molecular weight excluding hydrogens is 348 g/mol. The highest BCUT2D eigenvalue weighted by molar-refractivity contribution is 5.94. The zero-order chi connectivity index (χ0) is 20.1. The number of morpholine rings is 1. The average Bonchev–Trinajstić information content (AvgIpc) is 2.67. The van der Waals surface area contributed by atoms with Crippen molar-refractivity contribution >= 4 is 5.91 Å². The predicted molar refractivity (Wildman–Crippen MR) is 113 cm³/mol. The van der Waals surface area contributed by atoms with E-state index < -0.39 is 0 Å². The number of benzene rings is 2. The summed E-state index contributed by atoms with van der Waals surface area (Å²) < 4.78 is 5.80. The summed E-state index contributed by atoms with van der Waals surface area (Å²) in [7, 11) is 0. The van der Waals surface area contributed by atoms with Gasteiger partial charge in [0, 0.05) is 25.2 Å². The summed E-state index contributed by atoms with van der Waals surface area (Å²) in [6.45, 7) is 11.2. The second kappa shape index (κ2) is 9.35. The van der Waals surface area contributed by atoms with Gasteiger partial charge < -0.3 is 10.1 Å². The van der Waals surface area contributed by atoms with E-state index >= 15 is 0 Å². The fraction of sp³-hybridized carbons (Fsp3) is 0.458. The monoisotopic (exact) mass is 380 g/mol. The van der Waals surface area contributed by atoms with Crippen LogP contribution in [0.25, 0.3) is 0 Å². The van der Waals surface area contributed by atoms with Crippen LogP contribution in [0.15, 0.2) is 48.5 Å². The molecule has 2 aromatic rings. The Labute approximate surface area is 168 Å². The van der Waals surface area contributed by atoms with Crippen molar-refractivity contribution in [2.24, 2.45) is 0 Å². The molecule has 1 saturated heterocycles. The molecule has 3 rings (SSSR count). The summed E-state index contributed by atoms with van der Waals surface area (Å²) in [6, 6.07) is 16.4. The van der Waals surface area contributed by atoms with Crippen LogP contribution in [0.5, 0.6) is 0 Å². The smallest absolute Gasteiger partial charge is 0.251 e. The molecular formula is C24H32N2O2. The first kappa shape index (κ1) is 20.6. The lowest BCUT2D eigenvalue weighted by Gasteiger charge is -2.35. The minimum atomic E-state index is -0.0350. The molecule has 0 bridgehead atoms. The summed E-state index contributed by atoms with van der Waals surface area (Å²) in [6.07, 6.45) is 1.55. The predicted octanol–water partition coefficient (Wildman–Crippen LogP) is 4.35. The van der Waals surface area contributed by atoms with Gasteiger partial charge in [-0.15, -0.1) is 0 Å². The third-order valence-electron chi connectivity index (χ3n) is 5.35. The first-order chi connectivity index (χ1) is 13.4. The molecule has 1 aliphatic rings. The van der Waals surface area contributed by atoms with E-state index in [0.29, 0.717) is 5.56 Å². The van der Waals surface area contributed by atoms with Crippen LogP contribution in [0.3, 0.4) is 0 Å². The van der Waals surface area contributed by atoms with Crippen LogP contribution >= 0.6 is 0 Å². The Morgan fingerprint density at radius 3 is 2.18 bits per heavy atom. The number of ether oxygens (including phenoxy) is 1. The first-order valence-electron chi connectivity index (χ1n) is 10.3. The lowest BCUT2D eigenvalue weighted by molar-refractivity contribution is -0.0704. The molecule has 28 heavy (non-hydrogen) atoms. The Kier molecular flexibility index (Phi) is 6.87. The molecule has 0 spiro atoms. The van der Waals surface area contributed by atoms with Crippen molar-refractivity contribution in [2.45, 2.75) is 58.9 Å². The van der Waals surface area contributed by atoms with Crippen molar-refractivity contribution in [3.8, 4) is 0 Å². The van der Waals surface area contributed by atoms with Crippen molar-refractivity contribution in [1.29, 1.82) is 0 Å². The molecule has 0 radical (unpaired) electrons. The third-order valence-corrected chi connectivity index (χ3v) is 5.35. The van der Waals surface area contributed by atoms with Gasteiger partial charge in [0.15, 0.2) is 0 Å². The third kappa shape index (κ3) is 5.43. The molecule has 3 unspecified atom stereocenters. The number of aryl methyl sites for hydroxylation is 1. The highest BCUT2D eigenvalue weighted by Gasteiger charge is 2.22. The van der Waals surface area contributed by atoms with E-state index in [1.165, 1.54) is 11.1 Å². The number of hydrogen-bond acceptors (Lipinski definition) is 3. The Morgan fingerprint density at radius 1 is 1.04 bits per heavy atom. The van der Waals surface area contributed by atoms with Gasteiger partial charge >= 0.3 is 0 Å². The molecule has 0 aromatic heterocycles. The van der Waals surface area contributed by atoms with Gasteiger partial charge in [-0.2, -0.15) is 0 Å². The normalized spacial score (nSPS) is 21.3. The van der Waals surface area contributed by atoms with Crippen molar-refractivity contribution in [1.82, 2.24) is 10.2 Å². The van der Waals surface area contributed by atoms with Crippen molar-refractivity contribution in [2.75, 3.05) is 13.1 Å². The number of hydrogen-bond donors (Lipinski definition) is 1. The Bertz CT molecular complexity index is 760. The number of amides is 1. The van der Waals surface area contributed by atoms with Gasteiger partial charge in [0.1, 0.15) is 0 Å². The van der Waals surface area contributed by atoms with Gasteiger partial charge in [0.25, 0.3) is 5.91 Å². The summed E-state index contributed by atoms with van der Waals surface area (Å²) in [5.74, 6) is -0.0350. The molecule has 1 heterocycles. The SMILES string of the molecule is CCc1ccc(C(C)NC(=O)c2ccc(CN3CC(C)OC(C)C3)cc2)cc1. The molecule has 4 nitrogen and oxygen atoms in total. The summed E-state index contributed by atoms with van der Waals surface area (Å²) in [5.41, 5.74) is 4.35. The van der Waals surface area contributed by atoms with Gasteiger partial charge in [-0.1, -0.05) is 43.3 Å². The molecule has 0 aliphatic carbocycles. The van der Waals surface area contributed by atoms with E-state index in [-0.39, 0.29) is 24.2 Å². The molecule has 1 aliphatic heterocycles. The largest absolute Gasteiger partial charge is 0.373 e.